The van der Waals surface area contributed by atoms with Crippen molar-refractivity contribution >= 4 is 23.4 Å². The lowest BCUT2D eigenvalue weighted by molar-refractivity contribution is -0.118. The van der Waals surface area contributed by atoms with Crippen molar-refractivity contribution in [2.45, 2.75) is 24.5 Å². The highest BCUT2D eigenvalue weighted by molar-refractivity contribution is 8.01. The topological polar surface area (TPSA) is 62.1 Å². The SMILES string of the molecule is CC1(C(=O)Nc2cccc(OCC#N)c2)CCCS1. The van der Waals surface area contributed by atoms with Gasteiger partial charge in [-0.15, -0.1) is 11.8 Å². The third-order valence-corrected chi connectivity index (χ3v) is 4.61. The highest BCUT2D eigenvalue weighted by atomic mass is 32.2. The Morgan fingerprint density at radius 3 is 3.16 bits per heavy atom. The molecule has 1 saturated heterocycles. The molecule has 5 heteroatoms. The van der Waals surface area contributed by atoms with Gasteiger partial charge in [0.15, 0.2) is 6.61 Å². The van der Waals surface area contributed by atoms with E-state index in [1.54, 1.807) is 30.0 Å². The van der Waals surface area contributed by atoms with Crippen LogP contribution in [-0.2, 0) is 4.79 Å². The molecule has 0 spiro atoms. The fourth-order valence-electron chi connectivity index (χ4n) is 2.00. The maximum absolute atomic E-state index is 12.2. The second-order valence-electron chi connectivity index (χ2n) is 4.61. The minimum absolute atomic E-state index is 0.00493. The molecule has 1 fully saturated rings. The number of thioether (sulfide) groups is 1. The van der Waals surface area contributed by atoms with Crippen molar-refractivity contribution < 1.29 is 9.53 Å². The van der Waals surface area contributed by atoms with Crippen LogP contribution in [-0.4, -0.2) is 23.0 Å². The van der Waals surface area contributed by atoms with Crippen molar-refractivity contribution in [3.63, 3.8) is 0 Å². The number of hydrogen-bond acceptors (Lipinski definition) is 4. The fraction of sp³-hybridized carbons (Fsp3) is 0.429. The van der Waals surface area contributed by atoms with Crippen LogP contribution in [0.2, 0.25) is 0 Å². The number of rotatable bonds is 4. The predicted octanol–water partition coefficient (Wildman–Crippen LogP) is 2.81. The zero-order chi connectivity index (χ0) is 13.7. The zero-order valence-corrected chi connectivity index (χ0v) is 11.6. The number of nitrogens with zero attached hydrogens (tertiary/aromatic N) is 1. The first-order valence-corrected chi connectivity index (χ1v) is 7.18. The first kappa shape index (κ1) is 13.8. The summed E-state index contributed by atoms with van der Waals surface area (Å²) in [7, 11) is 0. The molecule has 4 nitrogen and oxygen atoms in total. The van der Waals surface area contributed by atoms with Crippen molar-refractivity contribution in [3.05, 3.63) is 24.3 Å². The van der Waals surface area contributed by atoms with E-state index in [9.17, 15) is 4.79 Å². The van der Waals surface area contributed by atoms with Crippen LogP contribution in [0, 0.1) is 11.3 Å². The molecule has 100 valence electrons. The van der Waals surface area contributed by atoms with Crippen LogP contribution in [0.15, 0.2) is 24.3 Å². The van der Waals surface area contributed by atoms with E-state index >= 15 is 0 Å². The largest absolute Gasteiger partial charge is 0.479 e. The van der Waals surface area contributed by atoms with E-state index in [-0.39, 0.29) is 17.3 Å². The van der Waals surface area contributed by atoms with Gasteiger partial charge in [-0.3, -0.25) is 4.79 Å². The quantitative estimate of drug-likeness (QED) is 0.918. The van der Waals surface area contributed by atoms with Crippen LogP contribution in [0.1, 0.15) is 19.8 Å². The standard InChI is InChI=1S/C14H16N2O2S/c1-14(6-3-9-19-14)13(17)16-11-4-2-5-12(10-11)18-8-7-15/h2,4-5,10H,3,6,8-9H2,1H3,(H,16,17). The lowest BCUT2D eigenvalue weighted by Crippen LogP contribution is -2.34. The highest BCUT2D eigenvalue weighted by Gasteiger charge is 2.37. The molecule has 1 amide bonds. The molecule has 0 radical (unpaired) electrons. The number of anilines is 1. The van der Waals surface area contributed by atoms with Gasteiger partial charge in [0.2, 0.25) is 5.91 Å². The van der Waals surface area contributed by atoms with Crippen LogP contribution >= 0.6 is 11.8 Å². The van der Waals surface area contributed by atoms with Gasteiger partial charge in [0.25, 0.3) is 0 Å². The van der Waals surface area contributed by atoms with Crippen LogP contribution < -0.4 is 10.1 Å². The highest BCUT2D eigenvalue weighted by Crippen LogP contribution is 2.38. The molecule has 1 unspecified atom stereocenters. The summed E-state index contributed by atoms with van der Waals surface area (Å²) in [6.45, 7) is 1.99. The summed E-state index contributed by atoms with van der Waals surface area (Å²) in [6, 6.07) is 9.03. The Morgan fingerprint density at radius 2 is 2.47 bits per heavy atom. The monoisotopic (exact) mass is 276 g/mol. The molecule has 1 N–H and O–H groups in total. The van der Waals surface area contributed by atoms with Gasteiger partial charge in [-0.2, -0.15) is 5.26 Å². The van der Waals surface area contributed by atoms with Crippen molar-refractivity contribution in [3.8, 4) is 11.8 Å². The number of amides is 1. The van der Waals surface area contributed by atoms with Gasteiger partial charge < -0.3 is 10.1 Å². The number of ether oxygens (including phenoxy) is 1. The third-order valence-electron chi connectivity index (χ3n) is 3.09. The fourth-order valence-corrected chi connectivity index (χ4v) is 3.21. The smallest absolute Gasteiger partial charge is 0.240 e. The zero-order valence-electron chi connectivity index (χ0n) is 10.8. The van der Waals surface area contributed by atoms with Gasteiger partial charge in [0, 0.05) is 11.8 Å². The minimum Gasteiger partial charge on any atom is -0.479 e. The van der Waals surface area contributed by atoms with E-state index in [4.69, 9.17) is 10.00 Å². The first-order chi connectivity index (χ1) is 9.14. The van der Waals surface area contributed by atoms with Gasteiger partial charge in [-0.05, 0) is 37.7 Å². The molecule has 1 aromatic carbocycles. The summed E-state index contributed by atoms with van der Waals surface area (Å²) in [6.07, 6.45) is 1.99. The Morgan fingerprint density at radius 1 is 1.63 bits per heavy atom. The van der Waals surface area contributed by atoms with E-state index in [1.807, 2.05) is 19.1 Å². The molecule has 1 aromatic rings. The molecule has 1 aliphatic heterocycles. The summed E-state index contributed by atoms with van der Waals surface area (Å²) in [5, 5.41) is 11.4. The number of carbonyl (C=O) groups is 1. The lowest BCUT2D eigenvalue weighted by Gasteiger charge is -2.21. The second kappa shape index (κ2) is 5.98. The van der Waals surface area contributed by atoms with E-state index in [1.165, 1.54) is 0 Å². The minimum atomic E-state index is -0.330. The summed E-state index contributed by atoms with van der Waals surface area (Å²) in [5.74, 6) is 1.66. The van der Waals surface area contributed by atoms with Crippen LogP contribution in [0.4, 0.5) is 5.69 Å². The van der Waals surface area contributed by atoms with E-state index < -0.39 is 0 Å². The Hall–Kier alpha value is -1.67. The summed E-state index contributed by atoms with van der Waals surface area (Å²) < 4.78 is 4.88. The van der Waals surface area contributed by atoms with Crippen molar-refractivity contribution in [1.29, 1.82) is 5.26 Å². The van der Waals surface area contributed by atoms with Crippen LogP contribution in [0.25, 0.3) is 0 Å². The molecule has 1 heterocycles. The molecule has 0 aliphatic carbocycles. The van der Waals surface area contributed by atoms with Crippen LogP contribution in [0.5, 0.6) is 5.75 Å². The average Bonchev–Trinajstić information content (AvgIpc) is 2.85. The third kappa shape index (κ3) is 3.42. The predicted molar refractivity (Wildman–Crippen MR) is 76.3 cm³/mol. The summed E-state index contributed by atoms with van der Waals surface area (Å²) >= 11 is 1.70. The van der Waals surface area contributed by atoms with Gasteiger partial charge in [0.05, 0.1) is 4.75 Å². The lowest BCUT2D eigenvalue weighted by atomic mass is 10.0. The molecule has 2 rings (SSSR count). The van der Waals surface area contributed by atoms with Crippen molar-refractivity contribution in [2.75, 3.05) is 17.7 Å². The molecule has 1 aliphatic rings. The van der Waals surface area contributed by atoms with Crippen molar-refractivity contribution in [2.24, 2.45) is 0 Å². The molecule has 19 heavy (non-hydrogen) atoms. The number of carbonyl (C=O) groups excluding carboxylic acids is 1. The Kier molecular flexibility index (Phi) is 4.33. The van der Waals surface area contributed by atoms with Gasteiger partial charge in [0.1, 0.15) is 11.8 Å². The van der Waals surface area contributed by atoms with Crippen LogP contribution in [0.3, 0.4) is 0 Å². The van der Waals surface area contributed by atoms with Gasteiger partial charge >= 0.3 is 0 Å². The van der Waals surface area contributed by atoms with Gasteiger partial charge in [-0.25, -0.2) is 0 Å². The molecule has 1 atom stereocenters. The van der Waals surface area contributed by atoms with E-state index in [0.29, 0.717) is 11.4 Å². The molecular formula is C14H16N2O2S. The number of benzene rings is 1. The Bertz CT molecular complexity index is 504. The summed E-state index contributed by atoms with van der Waals surface area (Å²) in [4.78, 5) is 12.2. The maximum atomic E-state index is 12.2. The number of nitrogens with one attached hydrogen (secondary N) is 1. The van der Waals surface area contributed by atoms with Crippen molar-refractivity contribution in [1.82, 2.24) is 0 Å². The number of hydrogen-bond donors (Lipinski definition) is 1. The number of nitriles is 1. The Labute approximate surface area is 117 Å². The second-order valence-corrected chi connectivity index (χ2v) is 6.21. The molecule has 0 bridgehead atoms. The first-order valence-electron chi connectivity index (χ1n) is 6.19. The molecular weight excluding hydrogens is 260 g/mol. The van der Waals surface area contributed by atoms with E-state index in [0.717, 1.165) is 18.6 Å². The van der Waals surface area contributed by atoms with Gasteiger partial charge in [-0.1, -0.05) is 6.07 Å². The normalized spacial score (nSPS) is 21.7. The van der Waals surface area contributed by atoms with E-state index in [2.05, 4.69) is 5.32 Å². The summed E-state index contributed by atoms with van der Waals surface area (Å²) in [5.41, 5.74) is 0.703. The Balaban J connectivity index is 2.02. The maximum Gasteiger partial charge on any atom is 0.240 e. The average molecular weight is 276 g/mol. The molecule has 0 saturated carbocycles. The molecule has 0 aromatic heterocycles.